The largest absolute Gasteiger partial charge is 0.497 e. The summed E-state index contributed by atoms with van der Waals surface area (Å²) in [5.41, 5.74) is 2.24. The SMILES string of the molecule is CCCN(CCC)c1nc(C)cc(NCCc2cccc(OC)c2)n1. The highest BCUT2D eigenvalue weighted by molar-refractivity contribution is 5.44. The van der Waals surface area contributed by atoms with Gasteiger partial charge >= 0.3 is 0 Å². The average Bonchev–Trinajstić information content (AvgIpc) is 2.61. The number of anilines is 2. The molecule has 0 amide bonds. The van der Waals surface area contributed by atoms with E-state index < -0.39 is 0 Å². The molecular weight excluding hydrogens is 312 g/mol. The maximum absolute atomic E-state index is 5.28. The molecule has 1 aromatic heterocycles. The van der Waals surface area contributed by atoms with E-state index in [2.05, 4.69) is 41.2 Å². The van der Waals surface area contributed by atoms with Gasteiger partial charge in [0.1, 0.15) is 11.6 Å². The maximum Gasteiger partial charge on any atom is 0.227 e. The van der Waals surface area contributed by atoms with Crippen molar-refractivity contribution in [3.05, 3.63) is 41.6 Å². The molecule has 2 rings (SSSR count). The Morgan fingerprint density at radius 2 is 1.84 bits per heavy atom. The smallest absolute Gasteiger partial charge is 0.227 e. The number of hydrogen-bond acceptors (Lipinski definition) is 5. The Bertz CT molecular complexity index is 654. The number of hydrogen-bond donors (Lipinski definition) is 1. The van der Waals surface area contributed by atoms with Crippen molar-refractivity contribution in [2.75, 3.05) is 37.0 Å². The van der Waals surface area contributed by atoms with E-state index in [1.807, 2.05) is 25.1 Å². The molecule has 0 radical (unpaired) electrons. The lowest BCUT2D eigenvalue weighted by molar-refractivity contribution is 0.414. The topological polar surface area (TPSA) is 50.3 Å². The second-order valence-corrected chi connectivity index (χ2v) is 6.21. The van der Waals surface area contributed by atoms with Crippen molar-refractivity contribution in [3.8, 4) is 5.75 Å². The third-order valence-corrected chi connectivity index (χ3v) is 3.97. The van der Waals surface area contributed by atoms with Crippen LogP contribution in [0.3, 0.4) is 0 Å². The maximum atomic E-state index is 5.28. The van der Waals surface area contributed by atoms with E-state index in [9.17, 15) is 0 Å². The van der Waals surface area contributed by atoms with Crippen molar-refractivity contribution in [1.29, 1.82) is 0 Å². The third-order valence-electron chi connectivity index (χ3n) is 3.97. The predicted molar refractivity (Wildman–Crippen MR) is 105 cm³/mol. The molecule has 0 saturated heterocycles. The lowest BCUT2D eigenvalue weighted by Crippen LogP contribution is -2.27. The van der Waals surface area contributed by atoms with Gasteiger partial charge in [0.2, 0.25) is 5.95 Å². The summed E-state index contributed by atoms with van der Waals surface area (Å²) in [6, 6.07) is 10.2. The van der Waals surface area contributed by atoms with E-state index in [1.165, 1.54) is 5.56 Å². The van der Waals surface area contributed by atoms with E-state index in [0.717, 1.165) is 62.1 Å². The Morgan fingerprint density at radius 1 is 1.08 bits per heavy atom. The summed E-state index contributed by atoms with van der Waals surface area (Å²) in [6.45, 7) is 9.19. The van der Waals surface area contributed by atoms with Gasteiger partial charge in [-0.3, -0.25) is 0 Å². The second kappa shape index (κ2) is 9.87. The zero-order valence-corrected chi connectivity index (χ0v) is 15.9. The van der Waals surface area contributed by atoms with E-state index in [-0.39, 0.29) is 0 Å². The summed E-state index contributed by atoms with van der Waals surface area (Å²) in [4.78, 5) is 11.6. The van der Waals surface area contributed by atoms with E-state index in [0.29, 0.717) is 0 Å². The Morgan fingerprint density at radius 3 is 2.52 bits per heavy atom. The van der Waals surface area contributed by atoms with Crippen molar-refractivity contribution in [1.82, 2.24) is 9.97 Å². The second-order valence-electron chi connectivity index (χ2n) is 6.21. The molecule has 0 atom stereocenters. The van der Waals surface area contributed by atoms with Crippen molar-refractivity contribution >= 4 is 11.8 Å². The fourth-order valence-corrected chi connectivity index (χ4v) is 2.80. The number of nitrogens with zero attached hydrogens (tertiary/aromatic N) is 3. The number of benzene rings is 1. The Labute approximate surface area is 151 Å². The van der Waals surface area contributed by atoms with Gasteiger partial charge in [-0.2, -0.15) is 4.98 Å². The molecule has 0 spiro atoms. The van der Waals surface area contributed by atoms with Crippen LogP contribution in [0.25, 0.3) is 0 Å². The highest BCUT2D eigenvalue weighted by Crippen LogP contribution is 2.16. The molecule has 0 fully saturated rings. The quantitative estimate of drug-likeness (QED) is 0.705. The zero-order chi connectivity index (χ0) is 18.1. The number of methoxy groups -OCH3 is 1. The molecule has 25 heavy (non-hydrogen) atoms. The van der Waals surface area contributed by atoms with Crippen molar-refractivity contribution < 1.29 is 4.74 Å². The Balaban J connectivity index is 2.01. The normalized spacial score (nSPS) is 10.6. The first kappa shape index (κ1) is 19.0. The van der Waals surface area contributed by atoms with Crippen LogP contribution in [0.5, 0.6) is 5.75 Å². The van der Waals surface area contributed by atoms with Gasteiger partial charge < -0.3 is 15.0 Å². The Kier molecular flexibility index (Phi) is 7.51. The van der Waals surface area contributed by atoms with Gasteiger partial charge in [-0.1, -0.05) is 26.0 Å². The minimum absolute atomic E-state index is 0.824. The van der Waals surface area contributed by atoms with Crippen LogP contribution in [0, 0.1) is 6.92 Å². The van der Waals surface area contributed by atoms with E-state index in [1.54, 1.807) is 7.11 Å². The molecule has 0 aliphatic rings. The van der Waals surface area contributed by atoms with Crippen LogP contribution >= 0.6 is 0 Å². The summed E-state index contributed by atoms with van der Waals surface area (Å²) >= 11 is 0. The van der Waals surface area contributed by atoms with E-state index in [4.69, 9.17) is 9.72 Å². The lowest BCUT2D eigenvalue weighted by atomic mass is 10.1. The first-order valence-corrected chi connectivity index (χ1v) is 9.13. The molecular formula is C20H30N4O. The van der Waals surface area contributed by atoms with Crippen LogP contribution in [0.1, 0.15) is 37.9 Å². The van der Waals surface area contributed by atoms with Gasteiger partial charge in [-0.05, 0) is 43.9 Å². The molecule has 0 saturated carbocycles. The number of aryl methyl sites for hydroxylation is 1. The first-order chi connectivity index (χ1) is 12.2. The lowest BCUT2D eigenvalue weighted by Gasteiger charge is -2.22. The molecule has 0 aliphatic carbocycles. The van der Waals surface area contributed by atoms with Crippen LogP contribution in [0.15, 0.2) is 30.3 Å². The number of rotatable bonds is 10. The van der Waals surface area contributed by atoms with Crippen LogP contribution in [-0.4, -0.2) is 36.7 Å². The number of nitrogens with one attached hydrogen (secondary N) is 1. The first-order valence-electron chi connectivity index (χ1n) is 9.13. The van der Waals surface area contributed by atoms with Gasteiger partial charge in [0.25, 0.3) is 0 Å². The summed E-state index contributed by atoms with van der Waals surface area (Å²) in [7, 11) is 1.70. The molecule has 2 aromatic rings. The molecule has 5 heteroatoms. The average molecular weight is 342 g/mol. The summed E-state index contributed by atoms with van der Waals surface area (Å²) in [5, 5.41) is 3.43. The van der Waals surface area contributed by atoms with Gasteiger partial charge in [0.15, 0.2) is 0 Å². The highest BCUT2D eigenvalue weighted by atomic mass is 16.5. The predicted octanol–water partition coefficient (Wildman–Crippen LogP) is 4.07. The van der Waals surface area contributed by atoms with Crippen LogP contribution in [0.2, 0.25) is 0 Å². The monoisotopic (exact) mass is 342 g/mol. The van der Waals surface area contributed by atoms with Crippen LogP contribution in [0.4, 0.5) is 11.8 Å². The van der Waals surface area contributed by atoms with Crippen LogP contribution in [-0.2, 0) is 6.42 Å². The van der Waals surface area contributed by atoms with Gasteiger partial charge in [0.05, 0.1) is 7.11 Å². The van der Waals surface area contributed by atoms with Crippen molar-refractivity contribution in [2.24, 2.45) is 0 Å². The standard InChI is InChI=1S/C20H30N4O/c1-5-12-24(13-6-2)20-22-16(3)14-19(23-20)21-11-10-17-8-7-9-18(15-17)25-4/h7-9,14-15H,5-6,10-13H2,1-4H3,(H,21,22,23). The molecule has 136 valence electrons. The zero-order valence-electron chi connectivity index (χ0n) is 15.9. The summed E-state index contributed by atoms with van der Waals surface area (Å²) in [5.74, 6) is 2.61. The summed E-state index contributed by atoms with van der Waals surface area (Å²) in [6.07, 6.45) is 3.11. The van der Waals surface area contributed by atoms with Crippen molar-refractivity contribution in [3.63, 3.8) is 0 Å². The fourth-order valence-electron chi connectivity index (χ4n) is 2.80. The van der Waals surface area contributed by atoms with Gasteiger partial charge in [-0.15, -0.1) is 0 Å². The Hall–Kier alpha value is -2.30. The van der Waals surface area contributed by atoms with Crippen LogP contribution < -0.4 is 15.0 Å². The number of aromatic nitrogens is 2. The minimum atomic E-state index is 0.824. The molecule has 1 heterocycles. The highest BCUT2D eigenvalue weighted by Gasteiger charge is 2.10. The molecule has 0 unspecified atom stereocenters. The third kappa shape index (κ3) is 5.93. The van der Waals surface area contributed by atoms with Gasteiger partial charge in [0, 0.05) is 31.4 Å². The summed E-state index contributed by atoms with van der Waals surface area (Å²) < 4.78 is 5.28. The molecule has 1 N–H and O–H groups in total. The van der Waals surface area contributed by atoms with Gasteiger partial charge in [-0.25, -0.2) is 4.98 Å². The fraction of sp³-hybridized carbons (Fsp3) is 0.500. The minimum Gasteiger partial charge on any atom is -0.497 e. The number of ether oxygens (including phenoxy) is 1. The van der Waals surface area contributed by atoms with E-state index >= 15 is 0 Å². The molecule has 1 aromatic carbocycles. The molecule has 5 nitrogen and oxygen atoms in total. The van der Waals surface area contributed by atoms with Crippen molar-refractivity contribution in [2.45, 2.75) is 40.0 Å². The molecule has 0 bridgehead atoms. The molecule has 0 aliphatic heterocycles.